The topological polar surface area (TPSA) is 73.4 Å². The first-order valence-corrected chi connectivity index (χ1v) is 9.84. The second-order valence-electron chi connectivity index (χ2n) is 6.33. The van der Waals surface area contributed by atoms with Crippen LogP contribution >= 0.6 is 0 Å². The van der Waals surface area contributed by atoms with Crippen molar-refractivity contribution in [2.24, 2.45) is 0 Å². The number of imidazole rings is 1. The first-order chi connectivity index (χ1) is 12.9. The van der Waals surface area contributed by atoms with E-state index in [0.717, 1.165) is 5.56 Å². The molecule has 0 spiro atoms. The molecular formula is C20H17N3O3S. The lowest BCUT2D eigenvalue weighted by molar-refractivity contribution is 0.586. The number of hydrogen-bond donors (Lipinski definition) is 0. The van der Waals surface area contributed by atoms with E-state index in [1.807, 2.05) is 13.0 Å². The molecule has 0 aliphatic rings. The van der Waals surface area contributed by atoms with Gasteiger partial charge in [-0.2, -0.15) is 0 Å². The zero-order valence-electron chi connectivity index (χ0n) is 14.8. The van der Waals surface area contributed by atoms with Crippen molar-refractivity contribution in [2.45, 2.75) is 23.8 Å². The molecule has 0 saturated carbocycles. The third kappa shape index (κ3) is 2.67. The normalized spacial score (nSPS) is 11.8. The smallest absolute Gasteiger partial charge is 0.281 e. The van der Waals surface area contributed by atoms with Gasteiger partial charge in [-0.3, -0.25) is 13.8 Å². The Bertz CT molecular complexity index is 1300. The fourth-order valence-corrected chi connectivity index (χ4v) is 4.80. The highest BCUT2D eigenvalue weighted by molar-refractivity contribution is 7.91. The van der Waals surface area contributed by atoms with E-state index in [-0.39, 0.29) is 21.0 Å². The Morgan fingerprint density at radius 2 is 1.59 bits per heavy atom. The van der Waals surface area contributed by atoms with Crippen LogP contribution in [0, 0.1) is 13.8 Å². The van der Waals surface area contributed by atoms with Gasteiger partial charge in [-0.25, -0.2) is 13.4 Å². The summed E-state index contributed by atoms with van der Waals surface area (Å²) in [6.07, 6.45) is 2.75. The van der Waals surface area contributed by atoms with Crippen LogP contribution in [0.4, 0.5) is 0 Å². The molecule has 2 aromatic carbocycles. The minimum Gasteiger partial charge on any atom is -0.283 e. The minimum atomic E-state index is -3.87. The van der Waals surface area contributed by atoms with Crippen molar-refractivity contribution in [1.82, 2.24) is 14.0 Å². The average Bonchev–Trinajstić information content (AvgIpc) is 3.12. The number of aryl methyl sites for hydroxylation is 1. The van der Waals surface area contributed by atoms with Crippen molar-refractivity contribution in [2.75, 3.05) is 0 Å². The molecule has 0 unspecified atom stereocenters. The number of hydrogen-bond acceptors (Lipinski definition) is 4. The monoisotopic (exact) mass is 379 g/mol. The van der Waals surface area contributed by atoms with Crippen LogP contribution in [0.3, 0.4) is 0 Å². The molecule has 4 rings (SSSR count). The second-order valence-corrected chi connectivity index (χ2v) is 8.20. The molecule has 0 N–H and O–H groups in total. The summed E-state index contributed by atoms with van der Waals surface area (Å²) >= 11 is 0. The van der Waals surface area contributed by atoms with Crippen LogP contribution in [-0.4, -0.2) is 22.4 Å². The fraction of sp³-hybridized carbons (Fsp3) is 0.100. The van der Waals surface area contributed by atoms with Crippen LogP contribution in [0.25, 0.3) is 11.2 Å². The first-order valence-electron chi connectivity index (χ1n) is 8.36. The Hall–Kier alpha value is -3.19. The average molecular weight is 379 g/mol. The third-order valence-corrected chi connectivity index (χ3v) is 6.42. The molecule has 2 heterocycles. The highest BCUT2D eigenvalue weighted by Gasteiger charge is 2.27. The van der Waals surface area contributed by atoms with Crippen molar-refractivity contribution in [1.29, 1.82) is 0 Å². The molecule has 27 heavy (non-hydrogen) atoms. The van der Waals surface area contributed by atoms with E-state index in [9.17, 15) is 13.2 Å². The highest BCUT2D eigenvalue weighted by atomic mass is 32.2. The predicted molar refractivity (Wildman–Crippen MR) is 102 cm³/mol. The highest BCUT2D eigenvalue weighted by Crippen LogP contribution is 2.25. The van der Waals surface area contributed by atoms with Gasteiger partial charge in [0.2, 0.25) is 9.84 Å². The third-order valence-electron chi connectivity index (χ3n) is 4.52. The maximum atomic E-state index is 13.4. The van der Waals surface area contributed by atoms with Gasteiger partial charge in [0.1, 0.15) is 11.8 Å². The fourth-order valence-electron chi connectivity index (χ4n) is 3.19. The first kappa shape index (κ1) is 17.2. The lowest BCUT2D eigenvalue weighted by Crippen LogP contribution is -2.26. The molecule has 6 nitrogen and oxygen atoms in total. The van der Waals surface area contributed by atoms with Gasteiger partial charge in [-0.1, -0.05) is 35.9 Å². The summed E-state index contributed by atoms with van der Waals surface area (Å²) in [4.78, 5) is 17.2. The van der Waals surface area contributed by atoms with Gasteiger partial charge in [0.15, 0.2) is 5.03 Å². The summed E-state index contributed by atoms with van der Waals surface area (Å²) in [6, 6.07) is 15.6. The molecule has 2 aromatic heterocycles. The zero-order valence-corrected chi connectivity index (χ0v) is 15.6. The van der Waals surface area contributed by atoms with E-state index in [2.05, 4.69) is 4.98 Å². The van der Waals surface area contributed by atoms with Gasteiger partial charge in [0.05, 0.1) is 16.8 Å². The van der Waals surface area contributed by atoms with Gasteiger partial charge in [0, 0.05) is 5.69 Å². The van der Waals surface area contributed by atoms with E-state index in [1.165, 1.54) is 21.5 Å². The van der Waals surface area contributed by atoms with Crippen molar-refractivity contribution < 1.29 is 8.42 Å². The lowest BCUT2D eigenvalue weighted by atomic mass is 10.2. The van der Waals surface area contributed by atoms with E-state index in [0.29, 0.717) is 11.4 Å². The van der Waals surface area contributed by atoms with Gasteiger partial charge in [-0.05, 0) is 38.1 Å². The van der Waals surface area contributed by atoms with Crippen LogP contribution in [0.2, 0.25) is 0 Å². The molecule has 136 valence electrons. The molecule has 0 saturated heterocycles. The Morgan fingerprint density at radius 3 is 2.26 bits per heavy atom. The van der Waals surface area contributed by atoms with Crippen molar-refractivity contribution in [3.63, 3.8) is 0 Å². The summed E-state index contributed by atoms with van der Waals surface area (Å²) in [5.74, 6) is 0. The van der Waals surface area contributed by atoms with E-state index in [1.54, 1.807) is 55.5 Å². The van der Waals surface area contributed by atoms with E-state index >= 15 is 0 Å². The maximum Gasteiger partial charge on any atom is 0.281 e. The molecule has 0 bridgehead atoms. The largest absolute Gasteiger partial charge is 0.283 e. The van der Waals surface area contributed by atoms with Crippen molar-refractivity contribution >= 4 is 15.4 Å². The molecule has 0 aliphatic heterocycles. The molecule has 0 atom stereocenters. The lowest BCUT2D eigenvalue weighted by Gasteiger charge is -2.16. The molecule has 0 aliphatic carbocycles. The number of rotatable bonds is 3. The van der Waals surface area contributed by atoms with E-state index < -0.39 is 9.84 Å². The van der Waals surface area contributed by atoms with Crippen LogP contribution in [0.1, 0.15) is 11.3 Å². The Morgan fingerprint density at radius 1 is 0.926 bits per heavy atom. The standard InChI is InChI=1S/C20H17N3O3S/c1-14-8-10-17(11-9-14)27(25,26)20-15(2)23(16-6-4-3-5-7-16)19(24)18-12-21-13-22(18)20/h3-13H,1-2H3. The van der Waals surface area contributed by atoms with Crippen LogP contribution in [0.15, 0.2) is 81.8 Å². The molecular weight excluding hydrogens is 362 g/mol. The van der Waals surface area contributed by atoms with Crippen LogP contribution in [-0.2, 0) is 9.84 Å². The SMILES string of the molecule is Cc1ccc(S(=O)(=O)c2c(C)n(-c3ccccc3)c(=O)c3cncn23)cc1. The summed E-state index contributed by atoms with van der Waals surface area (Å²) < 4.78 is 29.6. The zero-order chi connectivity index (χ0) is 19.2. The summed E-state index contributed by atoms with van der Waals surface area (Å²) in [5, 5.41) is 0.0299. The number of benzene rings is 2. The van der Waals surface area contributed by atoms with Crippen molar-refractivity contribution in [3.8, 4) is 5.69 Å². The Labute approximate surface area is 156 Å². The summed E-state index contributed by atoms with van der Waals surface area (Å²) in [6.45, 7) is 3.53. The number of aromatic nitrogens is 3. The molecule has 0 fully saturated rings. The molecule has 0 amide bonds. The summed E-state index contributed by atoms with van der Waals surface area (Å²) in [7, 11) is -3.87. The quantitative estimate of drug-likeness (QED) is 0.549. The van der Waals surface area contributed by atoms with E-state index in [4.69, 9.17) is 0 Å². The number of para-hydroxylation sites is 1. The van der Waals surface area contributed by atoms with Crippen molar-refractivity contribution in [3.05, 3.63) is 88.7 Å². The van der Waals surface area contributed by atoms with Gasteiger partial charge in [-0.15, -0.1) is 0 Å². The maximum absolute atomic E-state index is 13.4. The number of fused-ring (bicyclic) bond motifs is 1. The van der Waals surface area contributed by atoms with Gasteiger partial charge >= 0.3 is 0 Å². The molecule has 4 aromatic rings. The van der Waals surface area contributed by atoms with Gasteiger partial charge in [0.25, 0.3) is 5.56 Å². The summed E-state index contributed by atoms with van der Waals surface area (Å²) in [5.41, 5.74) is 1.78. The van der Waals surface area contributed by atoms with Gasteiger partial charge < -0.3 is 0 Å². The van der Waals surface area contributed by atoms with Crippen LogP contribution in [0.5, 0.6) is 0 Å². The predicted octanol–water partition coefficient (Wildman–Crippen LogP) is 2.93. The number of nitrogens with zero attached hydrogens (tertiary/aromatic N) is 3. The Balaban J connectivity index is 2.11. The Kier molecular flexibility index (Phi) is 3.96. The second kappa shape index (κ2) is 6.21. The van der Waals surface area contributed by atoms with Crippen LogP contribution < -0.4 is 5.56 Å². The number of sulfone groups is 1. The molecule has 7 heteroatoms. The minimum absolute atomic E-state index is 0.0299. The molecule has 0 radical (unpaired) electrons.